The number of carbonyl (C=O) groups is 1. The van der Waals surface area contributed by atoms with Crippen LogP contribution in [-0.2, 0) is 9.53 Å². The zero-order valence-corrected chi connectivity index (χ0v) is 11.5. The van der Waals surface area contributed by atoms with E-state index < -0.39 is 0 Å². The summed E-state index contributed by atoms with van der Waals surface area (Å²) in [5, 5.41) is 0. The average Bonchev–Trinajstić information content (AvgIpc) is 2.45. The summed E-state index contributed by atoms with van der Waals surface area (Å²) in [7, 11) is 0. The third-order valence-corrected chi connectivity index (χ3v) is 3.40. The van der Waals surface area contributed by atoms with Gasteiger partial charge in [0.05, 0.1) is 12.5 Å². The Morgan fingerprint density at radius 3 is 3.00 bits per heavy atom. The standard InChI is InChI=1S/C15H22N2O2/c1-2-8-17(14-7-3-6-13(16)10-14)15(18)12-5-4-9-19-11-12/h3,6-7,10,12H,2,4-5,8-9,11,16H2,1H3. The van der Waals surface area contributed by atoms with Crippen LogP contribution in [0.3, 0.4) is 0 Å². The third-order valence-electron chi connectivity index (χ3n) is 3.40. The second-order valence-electron chi connectivity index (χ2n) is 5.00. The van der Waals surface area contributed by atoms with Gasteiger partial charge in [-0.1, -0.05) is 13.0 Å². The summed E-state index contributed by atoms with van der Waals surface area (Å²) in [5.74, 6) is 0.147. The molecule has 1 fully saturated rings. The van der Waals surface area contributed by atoms with Crippen molar-refractivity contribution < 1.29 is 9.53 Å². The summed E-state index contributed by atoms with van der Waals surface area (Å²) in [4.78, 5) is 14.4. The van der Waals surface area contributed by atoms with Gasteiger partial charge in [-0.3, -0.25) is 4.79 Å². The van der Waals surface area contributed by atoms with Crippen molar-refractivity contribution >= 4 is 17.3 Å². The van der Waals surface area contributed by atoms with E-state index in [1.807, 2.05) is 29.2 Å². The molecular weight excluding hydrogens is 240 g/mol. The van der Waals surface area contributed by atoms with Gasteiger partial charge >= 0.3 is 0 Å². The Balaban J connectivity index is 2.16. The van der Waals surface area contributed by atoms with E-state index in [4.69, 9.17) is 10.5 Å². The molecule has 0 saturated carbocycles. The first-order chi connectivity index (χ1) is 9.22. The molecule has 1 aliphatic heterocycles. The van der Waals surface area contributed by atoms with Gasteiger partial charge in [-0.05, 0) is 37.5 Å². The Kier molecular flexibility index (Phi) is 4.80. The zero-order chi connectivity index (χ0) is 13.7. The van der Waals surface area contributed by atoms with Crippen molar-refractivity contribution in [3.63, 3.8) is 0 Å². The quantitative estimate of drug-likeness (QED) is 0.848. The topological polar surface area (TPSA) is 55.6 Å². The van der Waals surface area contributed by atoms with Crippen LogP contribution in [0.5, 0.6) is 0 Å². The number of nitrogens with zero attached hydrogens (tertiary/aromatic N) is 1. The molecule has 2 rings (SSSR count). The number of benzene rings is 1. The second kappa shape index (κ2) is 6.57. The highest BCUT2D eigenvalue weighted by molar-refractivity contribution is 5.95. The predicted octanol–water partition coefficient (Wildman–Crippen LogP) is 2.44. The molecule has 104 valence electrons. The van der Waals surface area contributed by atoms with Crippen LogP contribution >= 0.6 is 0 Å². The van der Waals surface area contributed by atoms with Crippen molar-refractivity contribution in [2.24, 2.45) is 5.92 Å². The van der Waals surface area contributed by atoms with Crippen LogP contribution in [-0.4, -0.2) is 25.7 Å². The highest BCUT2D eigenvalue weighted by Crippen LogP contribution is 2.23. The molecule has 1 aromatic rings. The van der Waals surface area contributed by atoms with Crippen LogP contribution < -0.4 is 10.6 Å². The molecular formula is C15H22N2O2. The number of hydrogen-bond acceptors (Lipinski definition) is 3. The Morgan fingerprint density at radius 1 is 1.53 bits per heavy atom. The molecule has 4 heteroatoms. The van der Waals surface area contributed by atoms with Crippen LogP contribution in [0, 0.1) is 5.92 Å². The predicted molar refractivity (Wildman–Crippen MR) is 77.0 cm³/mol. The van der Waals surface area contributed by atoms with E-state index in [0.29, 0.717) is 12.3 Å². The van der Waals surface area contributed by atoms with Gasteiger partial charge in [0.15, 0.2) is 0 Å². The van der Waals surface area contributed by atoms with Gasteiger partial charge in [0, 0.05) is 24.5 Å². The zero-order valence-electron chi connectivity index (χ0n) is 11.5. The first kappa shape index (κ1) is 13.9. The molecule has 1 amide bonds. The molecule has 1 aromatic carbocycles. The maximum absolute atomic E-state index is 12.6. The molecule has 1 unspecified atom stereocenters. The molecule has 0 spiro atoms. The Morgan fingerprint density at radius 2 is 2.37 bits per heavy atom. The lowest BCUT2D eigenvalue weighted by Gasteiger charge is -2.29. The minimum Gasteiger partial charge on any atom is -0.399 e. The van der Waals surface area contributed by atoms with E-state index in [0.717, 1.165) is 38.1 Å². The maximum Gasteiger partial charge on any atom is 0.232 e. The first-order valence-electron chi connectivity index (χ1n) is 6.97. The average molecular weight is 262 g/mol. The maximum atomic E-state index is 12.6. The molecule has 2 N–H and O–H groups in total. The summed E-state index contributed by atoms with van der Waals surface area (Å²) in [6, 6.07) is 7.52. The third kappa shape index (κ3) is 3.47. The molecule has 1 saturated heterocycles. The number of hydrogen-bond donors (Lipinski definition) is 1. The second-order valence-corrected chi connectivity index (χ2v) is 5.00. The fraction of sp³-hybridized carbons (Fsp3) is 0.533. The Hall–Kier alpha value is -1.55. The van der Waals surface area contributed by atoms with E-state index in [1.54, 1.807) is 0 Å². The fourth-order valence-electron chi connectivity index (χ4n) is 2.44. The van der Waals surface area contributed by atoms with Crippen LogP contribution in [0.4, 0.5) is 11.4 Å². The fourth-order valence-corrected chi connectivity index (χ4v) is 2.44. The minimum absolute atomic E-state index is 0.0123. The number of nitrogen functional groups attached to an aromatic ring is 1. The monoisotopic (exact) mass is 262 g/mol. The number of ether oxygens (including phenoxy) is 1. The van der Waals surface area contributed by atoms with Crippen molar-refractivity contribution in [3.05, 3.63) is 24.3 Å². The molecule has 0 aromatic heterocycles. The molecule has 1 aliphatic rings. The summed E-state index contributed by atoms with van der Waals surface area (Å²) in [6.45, 7) is 4.11. The van der Waals surface area contributed by atoms with E-state index >= 15 is 0 Å². The van der Waals surface area contributed by atoms with Gasteiger partial charge in [-0.15, -0.1) is 0 Å². The lowest BCUT2D eigenvalue weighted by molar-refractivity contribution is -0.126. The highest BCUT2D eigenvalue weighted by Gasteiger charge is 2.27. The number of rotatable bonds is 4. The normalized spacial score (nSPS) is 19.1. The molecule has 4 nitrogen and oxygen atoms in total. The van der Waals surface area contributed by atoms with Crippen LogP contribution in [0.15, 0.2) is 24.3 Å². The van der Waals surface area contributed by atoms with Crippen LogP contribution in [0.2, 0.25) is 0 Å². The van der Waals surface area contributed by atoms with Gasteiger partial charge in [-0.2, -0.15) is 0 Å². The SMILES string of the molecule is CCCN(C(=O)C1CCCOC1)c1cccc(N)c1. The molecule has 0 aliphatic carbocycles. The molecule has 0 bridgehead atoms. The minimum atomic E-state index is -0.0123. The van der Waals surface area contributed by atoms with Gasteiger partial charge < -0.3 is 15.4 Å². The van der Waals surface area contributed by atoms with Crippen molar-refractivity contribution in [1.82, 2.24) is 0 Å². The van der Waals surface area contributed by atoms with Crippen LogP contribution in [0.25, 0.3) is 0 Å². The summed E-state index contributed by atoms with van der Waals surface area (Å²) < 4.78 is 5.42. The largest absolute Gasteiger partial charge is 0.399 e. The van der Waals surface area contributed by atoms with Crippen molar-refractivity contribution in [2.45, 2.75) is 26.2 Å². The van der Waals surface area contributed by atoms with Crippen molar-refractivity contribution in [1.29, 1.82) is 0 Å². The van der Waals surface area contributed by atoms with Crippen LogP contribution in [0.1, 0.15) is 26.2 Å². The van der Waals surface area contributed by atoms with E-state index in [9.17, 15) is 4.79 Å². The van der Waals surface area contributed by atoms with Crippen molar-refractivity contribution in [2.75, 3.05) is 30.4 Å². The number of carbonyl (C=O) groups excluding carboxylic acids is 1. The van der Waals surface area contributed by atoms with E-state index in [2.05, 4.69) is 6.92 Å². The first-order valence-corrected chi connectivity index (χ1v) is 6.97. The van der Waals surface area contributed by atoms with E-state index in [1.165, 1.54) is 0 Å². The van der Waals surface area contributed by atoms with E-state index in [-0.39, 0.29) is 11.8 Å². The molecule has 0 radical (unpaired) electrons. The smallest absolute Gasteiger partial charge is 0.232 e. The lowest BCUT2D eigenvalue weighted by atomic mass is 10.00. The van der Waals surface area contributed by atoms with Gasteiger partial charge in [-0.25, -0.2) is 0 Å². The summed E-state index contributed by atoms with van der Waals surface area (Å²) in [5.41, 5.74) is 7.38. The summed E-state index contributed by atoms with van der Waals surface area (Å²) >= 11 is 0. The number of nitrogens with two attached hydrogens (primary N) is 1. The molecule has 1 atom stereocenters. The number of amides is 1. The highest BCUT2D eigenvalue weighted by atomic mass is 16.5. The summed E-state index contributed by atoms with van der Waals surface area (Å²) in [6.07, 6.45) is 2.81. The Labute approximate surface area is 114 Å². The lowest BCUT2D eigenvalue weighted by Crippen LogP contribution is -2.40. The van der Waals surface area contributed by atoms with Gasteiger partial charge in [0.2, 0.25) is 5.91 Å². The Bertz CT molecular complexity index is 428. The molecule has 1 heterocycles. The van der Waals surface area contributed by atoms with Gasteiger partial charge in [0.25, 0.3) is 0 Å². The van der Waals surface area contributed by atoms with Crippen molar-refractivity contribution in [3.8, 4) is 0 Å². The number of anilines is 2. The molecule has 19 heavy (non-hydrogen) atoms. The van der Waals surface area contributed by atoms with Gasteiger partial charge in [0.1, 0.15) is 0 Å².